The summed E-state index contributed by atoms with van der Waals surface area (Å²) in [5, 5.41) is 10.6. The number of rotatable bonds is 10. The van der Waals surface area contributed by atoms with E-state index in [1.165, 1.54) is 0 Å². The van der Waals surface area contributed by atoms with Gasteiger partial charge in [-0.3, -0.25) is 4.79 Å². The largest absolute Gasteiger partial charge is 0.477 e. The molecule has 1 N–H and O–H groups in total. The van der Waals surface area contributed by atoms with Crippen LogP contribution in [0.5, 0.6) is 17.8 Å². The summed E-state index contributed by atoms with van der Waals surface area (Å²) in [7, 11) is 3.54. The van der Waals surface area contributed by atoms with Crippen molar-refractivity contribution in [2.24, 2.45) is 0 Å². The molecule has 2 aromatic rings. The third-order valence-electron chi connectivity index (χ3n) is 2.96. The number of carbonyl (C=O) groups is 1. The summed E-state index contributed by atoms with van der Waals surface area (Å²) in [4.78, 5) is 25.7. The molecule has 2 aromatic heterocycles. The summed E-state index contributed by atoms with van der Waals surface area (Å²) >= 11 is 0. The van der Waals surface area contributed by atoms with Gasteiger partial charge >= 0.3 is 12.0 Å². The molecule has 0 fully saturated rings. The van der Waals surface area contributed by atoms with Crippen LogP contribution in [0.3, 0.4) is 0 Å². The van der Waals surface area contributed by atoms with Crippen molar-refractivity contribution < 1.29 is 19.0 Å². The number of anilines is 2. The van der Waals surface area contributed by atoms with Gasteiger partial charge in [0.2, 0.25) is 23.7 Å². The van der Waals surface area contributed by atoms with Crippen molar-refractivity contribution in [3.63, 3.8) is 0 Å². The Morgan fingerprint density at radius 2 is 1.85 bits per heavy atom. The van der Waals surface area contributed by atoms with E-state index in [1.807, 2.05) is 6.92 Å². The summed E-state index contributed by atoms with van der Waals surface area (Å²) in [5.41, 5.74) is 0. The Labute approximate surface area is 157 Å². The van der Waals surface area contributed by atoms with E-state index in [9.17, 15) is 4.79 Å². The van der Waals surface area contributed by atoms with Crippen molar-refractivity contribution in [3.8, 4) is 17.8 Å². The lowest BCUT2D eigenvalue weighted by Gasteiger charge is -2.13. The van der Waals surface area contributed by atoms with Crippen molar-refractivity contribution in [3.05, 3.63) is 12.1 Å². The van der Waals surface area contributed by atoms with Crippen LogP contribution in [0.15, 0.2) is 12.1 Å². The number of nitrogens with one attached hydrogen (secondary N) is 1. The molecule has 0 unspecified atom stereocenters. The Bertz CT molecular complexity index is 740. The lowest BCUT2D eigenvalue weighted by Crippen LogP contribution is -2.20. The number of aromatic nitrogens is 5. The third kappa shape index (κ3) is 6.53. The minimum Gasteiger partial charge on any atom is -0.477 e. The molecule has 0 saturated carbocycles. The maximum absolute atomic E-state index is 11.5. The molecule has 0 amide bonds. The predicted octanol–water partition coefficient (Wildman–Crippen LogP) is 1.28. The molecule has 0 aromatic carbocycles. The highest BCUT2D eigenvalue weighted by Crippen LogP contribution is 2.19. The first-order valence-electron chi connectivity index (χ1n) is 8.49. The van der Waals surface area contributed by atoms with Gasteiger partial charge in [0, 0.05) is 26.2 Å². The van der Waals surface area contributed by atoms with Gasteiger partial charge in [0.05, 0.1) is 13.2 Å². The highest BCUT2D eigenvalue weighted by atomic mass is 16.5. The van der Waals surface area contributed by atoms with Gasteiger partial charge in [0.25, 0.3) is 0 Å². The molecule has 11 heteroatoms. The average Bonchev–Trinajstić information content (AvgIpc) is 2.66. The molecule has 2 heterocycles. The molecule has 0 aliphatic heterocycles. The second-order valence-corrected chi connectivity index (χ2v) is 5.45. The van der Waals surface area contributed by atoms with Crippen LogP contribution in [0.1, 0.15) is 20.3 Å². The number of nitrogens with zero attached hydrogens (tertiary/aromatic N) is 6. The Morgan fingerprint density at radius 3 is 2.48 bits per heavy atom. The zero-order valence-corrected chi connectivity index (χ0v) is 15.8. The van der Waals surface area contributed by atoms with Gasteiger partial charge in [0.15, 0.2) is 0 Å². The second kappa shape index (κ2) is 10.0. The van der Waals surface area contributed by atoms with Crippen LogP contribution in [0.2, 0.25) is 0 Å². The number of carbonyl (C=O) groups excluding carboxylic acids is 1. The number of ether oxygens (including phenoxy) is 3. The lowest BCUT2D eigenvalue weighted by atomic mass is 10.5. The summed E-state index contributed by atoms with van der Waals surface area (Å²) < 4.78 is 15.8. The number of esters is 1. The van der Waals surface area contributed by atoms with E-state index in [0.29, 0.717) is 25.0 Å². The minimum atomic E-state index is -0.416. The standard InChI is InChI=1S/C16H23N7O4/c1-5-9-26-11-7-8-12(22-21-11)27-16-19-14(17-10-13(24)25-6-2)18-15(20-16)23(3)4/h7-8H,5-6,9-10H2,1-4H3,(H,17,18,19,20). The first-order chi connectivity index (χ1) is 13.0. The normalized spacial score (nSPS) is 10.2. The summed E-state index contributed by atoms with van der Waals surface area (Å²) in [6.07, 6.45) is 0.875. The molecule has 27 heavy (non-hydrogen) atoms. The Hall–Kier alpha value is -3.24. The maximum Gasteiger partial charge on any atom is 0.330 e. The zero-order valence-electron chi connectivity index (χ0n) is 15.8. The van der Waals surface area contributed by atoms with Crippen molar-refractivity contribution >= 4 is 17.9 Å². The molecular weight excluding hydrogens is 354 g/mol. The summed E-state index contributed by atoms with van der Waals surface area (Å²) in [6, 6.07) is 3.26. The van der Waals surface area contributed by atoms with Crippen LogP contribution in [-0.2, 0) is 9.53 Å². The van der Waals surface area contributed by atoms with E-state index in [-0.39, 0.29) is 24.4 Å². The molecule has 0 aliphatic carbocycles. The molecule has 11 nitrogen and oxygen atoms in total. The van der Waals surface area contributed by atoms with E-state index in [0.717, 1.165) is 6.42 Å². The molecule has 0 saturated heterocycles. The van der Waals surface area contributed by atoms with Gasteiger partial charge in [-0.1, -0.05) is 6.92 Å². The van der Waals surface area contributed by atoms with Gasteiger partial charge < -0.3 is 24.4 Å². The van der Waals surface area contributed by atoms with Crippen molar-refractivity contribution in [1.29, 1.82) is 0 Å². The van der Waals surface area contributed by atoms with Crippen LogP contribution in [0.25, 0.3) is 0 Å². The van der Waals surface area contributed by atoms with E-state index in [2.05, 4.69) is 30.5 Å². The van der Waals surface area contributed by atoms with E-state index >= 15 is 0 Å². The van der Waals surface area contributed by atoms with E-state index in [1.54, 1.807) is 38.1 Å². The van der Waals surface area contributed by atoms with Crippen molar-refractivity contribution in [2.75, 3.05) is 44.1 Å². The molecule has 0 radical (unpaired) electrons. The monoisotopic (exact) mass is 377 g/mol. The average molecular weight is 377 g/mol. The zero-order chi connectivity index (χ0) is 19.6. The fraction of sp³-hybridized carbons (Fsp3) is 0.500. The molecule has 0 atom stereocenters. The third-order valence-corrected chi connectivity index (χ3v) is 2.96. The highest BCUT2D eigenvalue weighted by Gasteiger charge is 2.12. The number of hydrogen-bond donors (Lipinski definition) is 1. The summed E-state index contributed by atoms with van der Waals surface area (Å²) in [6.45, 7) is 4.52. The first-order valence-corrected chi connectivity index (χ1v) is 8.49. The maximum atomic E-state index is 11.5. The highest BCUT2D eigenvalue weighted by molar-refractivity contribution is 5.74. The Balaban J connectivity index is 2.11. The topological polar surface area (TPSA) is 124 Å². The number of hydrogen-bond acceptors (Lipinski definition) is 11. The smallest absolute Gasteiger partial charge is 0.330 e. The SMILES string of the molecule is CCCOc1ccc(Oc2nc(NCC(=O)OCC)nc(N(C)C)n2)nn1. The molecular formula is C16H23N7O4. The molecule has 2 rings (SSSR count). The Kier molecular flexibility index (Phi) is 7.47. The lowest BCUT2D eigenvalue weighted by molar-refractivity contribution is -0.140. The van der Waals surface area contributed by atoms with Crippen molar-refractivity contribution in [2.45, 2.75) is 20.3 Å². The predicted molar refractivity (Wildman–Crippen MR) is 97.2 cm³/mol. The summed E-state index contributed by atoms with van der Waals surface area (Å²) in [5.74, 6) is 0.715. The Morgan fingerprint density at radius 1 is 1.11 bits per heavy atom. The van der Waals surface area contributed by atoms with Crippen LogP contribution in [0, 0.1) is 0 Å². The van der Waals surface area contributed by atoms with Crippen LogP contribution in [-0.4, -0.2) is 65.0 Å². The van der Waals surface area contributed by atoms with Gasteiger partial charge in [-0.15, -0.1) is 10.2 Å². The van der Waals surface area contributed by atoms with Crippen molar-refractivity contribution in [1.82, 2.24) is 25.1 Å². The van der Waals surface area contributed by atoms with E-state index in [4.69, 9.17) is 14.2 Å². The van der Waals surface area contributed by atoms with Crippen LogP contribution >= 0.6 is 0 Å². The molecule has 0 aliphatic rings. The van der Waals surface area contributed by atoms with Gasteiger partial charge in [-0.25, -0.2) is 0 Å². The fourth-order valence-electron chi connectivity index (χ4n) is 1.77. The molecule has 0 spiro atoms. The van der Waals surface area contributed by atoms with E-state index < -0.39 is 5.97 Å². The second-order valence-electron chi connectivity index (χ2n) is 5.45. The molecule has 0 bridgehead atoms. The minimum absolute atomic E-state index is 0.0107. The molecule has 146 valence electrons. The quantitative estimate of drug-likeness (QED) is 0.602. The van der Waals surface area contributed by atoms with Crippen LogP contribution in [0.4, 0.5) is 11.9 Å². The van der Waals surface area contributed by atoms with Gasteiger partial charge in [0.1, 0.15) is 6.54 Å². The van der Waals surface area contributed by atoms with Crippen LogP contribution < -0.4 is 19.7 Å². The fourth-order valence-corrected chi connectivity index (χ4v) is 1.77. The van der Waals surface area contributed by atoms with Gasteiger partial charge in [-0.05, 0) is 13.3 Å². The first kappa shape index (κ1) is 20.1. The van der Waals surface area contributed by atoms with Gasteiger partial charge in [-0.2, -0.15) is 15.0 Å².